The number of amides is 1. The molecule has 0 aliphatic heterocycles. The van der Waals surface area contributed by atoms with Gasteiger partial charge in [-0.15, -0.1) is 0 Å². The van der Waals surface area contributed by atoms with Crippen molar-refractivity contribution in [2.24, 2.45) is 0 Å². The second-order valence-electron chi connectivity index (χ2n) is 6.27. The maximum absolute atomic E-state index is 12.4. The quantitative estimate of drug-likeness (QED) is 0.667. The fraction of sp³-hybridized carbons (Fsp3) is 0.333. The highest BCUT2D eigenvalue weighted by molar-refractivity contribution is 5.98. The van der Waals surface area contributed by atoms with Gasteiger partial charge in [0.25, 0.3) is 0 Å². The molecule has 0 spiro atoms. The van der Waals surface area contributed by atoms with E-state index >= 15 is 0 Å². The Balaban J connectivity index is 1.95. The lowest BCUT2D eigenvalue weighted by Gasteiger charge is -2.25. The van der Waals surface area contributed by atoms with Crippen molar-refractivity contribution in [2.75, 3.05) is 6.54 Å². The number of hydrogen-bond acceptors (Lipinski definition) is 3. The second kappa shape index (κ2) is 9.61. The van der Waals surface area contributed by atoms with E-state index in [4.69, 9.17) is 4.74 Å². The largest absolute Gasteiger partial charge is 0.489 e. The van der Waals surface area contributed by atoms with Crippen LogP contribution >= 0.6 is 0 Å². The van der Waals surface area contributed by atoms with Gasteiger partial charge in [0.2, 0.25) is 0 Å². The molecule has 26 heavy (non-hydrogen) atoms. The molecule has 0 heterocycles. The molecular weight excluding hydrogens is 330 g/mol. The molecule has 1 N–H and O–H groups in total. The van der Waals surface area contributed by atoms with Crippen LogP contribution in [-0.4, -0.2) is 34.5 Å². The SMILES string of the molecule is CCCC(C)N(CC(=O)c1ccc(OCc2ccccc2)cc1)C(=O)O. The fourth-order valence-electron chi connectivity index (χ4n) is 2.71. The third kappa shape index (κ3) is 5.62. The number of rotatable bonds is 9. The van der Waals surface area contributed by atoms with Gasteiger partial charge in [0, 0.05) is 11.6 Å². The number of ether oxygens (including phenoxy) is 1. The molecule has 0 saturated heterocycles. The van der Waals surface area contributed by atoms with Crippen LogP contribution in [0.15, 0.2) is 54.6 Å². The maximum atomic E-state index is 12.4. The van der Waals surface area contributed by atoms with Gasteiger partial charge < -0.3 is 9.84 Å². The lowest BCUT2D eigenvalue weighted by Crippen LogP contribution is -2.41. The summed E-state index contributed by atoms with van der Waals surface area (Å²) in [6.45, 7) is 4.13. The molecule has 2 aromatic carbocycles. The first kappa shape index (κ1) is 19.5. The van der Waals surface area contributed by atoms with Gasteiger partial charge >= 0.3 is 6.09 Å². The van der Waals surface area contributed by atoms with Crippen molar-refractivity contribution in [2.45, 2.75) is 39.3 Å². The zero-order chi connectivity index (χ0) is 18.9. The van der Waals surface area contributed by atoms with E-state index < -0.39 is 6.09 Å². The first-order valence-corrected chi connectivity index (χ1v) is 8.80. The molecule has 0 aliphatic rings. The van der Waals surface area contributed by atoms with Gasteiger partial charge in [0.1, 0.15) is 12.4 Å². The van der Waals surface area contributed by atoms with Crippen LogP contribution in [0.5, 0.6) is 5.75 Å². The average Bonchev–Trinajstić information content (AvgIpc) is 2.65. The van der Waals surface area contributed by atoms with Crippen LogP contribution in [0, 0.1) is 0 Å². The molecule has 0 radical (unpaired) electrons. The van der Waals surface area contributed by atoms with Crippen molar-refractivity contribution < 1.29 is 19.4 Å². The average molecular weight is 355 g/mol. The number of carboxylic acid groups (broad SMARTS) is 1. The monoisotopic (exact) mass is 355 g/mol. The fourth-order valence-corrected chi connectivity index (χ4v) is 2.71. The van der Waals surface area contributed by atoms with E-state index in [1.807, 2.05) is 44.2 Å². The van der Waals surface area contributed by atoms with Crippen molar-refractivity contribution in [1.82, 2.24) is 4.90 Å². The highest BCUT2D eigenvalue weighted by atomic mass is 16.5. The van der Waals surface area contributed by atoms with Crippen LogP contribution in [0.25, 0.3) is 0 Å². The Morgan fingerprint density at radius 3 is 2.31 bits per heavy atom. The van der Waals surface area contributed by atoms with E-state index in [-0.39, 0.29) is 18.4 Å². The Morgan fingerprint density at radius 2 is 1.73 bits per heavy atom. The Labute approximate surface area is 154 Å². The molecule has 2 aromatic rings. The Kier molecular flexibility index (Phi) is 7.21. The molecule has 138 valence electrons. The highest BCUT2D eigenvalue weighted by Crippen LogP contribution is 2.16. The summed E-state index contributed by atoms with van der Waals surface area (Å²) in [6.07, 6.45) is 0.528. The summed E-state index contributed by atoms with van der Waals surface area (Å²) in [7, 11) is 0. The zero-order valence-electron chi connectivity index (χ0n) is 15.2. The number of Topliss-reactive ketones (excluding diaryl/α,β-unsaturated/α-hetero) is 1. The molecule has 0 saturated carbocycles. The molecule has 0 aromatic heterocycles. The van der Waals surface area contributed by atoms with Gasteiger partial charge in [0.15, 0.2) is 5.78 Å². The van der Waals surface area contributed by atoms with Crippen molar-refractivity contribution in [3.8, 4) is 5.75 Å². The summed E-state index contributed by atoms with van der Waals surface area (Å²) < 4.78 is 5.70. The first-order chi connectivity index (χ1) is 12.5. The number of hydrogen-bond donors (Lipinski definition) is 1. The minimum atomic E-state index is -1.07. The summed E-state index contributed by atoms with van der Waals surface area (Å²) in [4.78, 5) is 25.0. The number of benzene rings is 2. The Hall–Kier alpha value is -2.82. The van der Waals surface area contributed by atoms with Crippen molar-refractivity contribution >= 4 is 11.9 Å². The molecule has 1 amide bonds. The molecule has 2 rings (SSSR count). The van der Waals surface area contributed by atoms with Crippen LogP contribution in [0.3, 0.4) is 0 Å². The maximum Gasteiger partial charge on any atom is 0.407 e. The van der Waals surface area contributed by atoms with Gasteiger partial charge in [-0.3, -0.25) is 9.69 Å². The Bertz CT molecular complexity index is 713. The van der Waals surface area contributed by atoms with E-state index in [1.54, 1.807) is 24.3 Å². The third-order valence-electron chi connectivity index (χ3n) is 4.22. The predicted octanol–water partition coefficient (Wildman–Crippen LogP) is 4.62. The van der Waals surface area contributed by atoms with Crippen LogP contribution in [0.1, 0.15) is 42.6 Å². The van der Waals surface area contributed by atoms with Gasteiger partial charge in [-0.25, -0.2) is 4.79 Å². The summed E-state index contributed by atoms with van der Waals surface area (Å²) >= 11 is 0. The number of carbonyl (C=O) groups excluding carboxylic acids is 1. The van der Waals surface area contributed by atoms with E-state index in [1.165, 1.54) is 4.90 Å². The number of ketones is 1. The molecule has 0 fully saturated rings. The third-order valence-corrected chi connectivity index (χ3v) is 4.22. The summed E-state index contributed by atoms with van der Waals surface area (Å²) in [5.41, 5.74) is 1.54. The molecule has 0 aliphatic carbocycles. The molecular formula is C21H25NO4. The molecule has 5 nitrogen and oxygen atoms in total. The summed E-state index contributed by atoms with van der Waals surface area (Å²) in [5.74, 6) is 0.449. The summed E-state index contributed by atoms with van der Waals surface area (Å²) in [5, 5.41) is 9.34. The van der Waals surface area contributed by atoms with E-state index in [2.05, 4.69) is 0 Å². The van der Waals surface area contributed by atoms with Crippen molar-refractivity contribution in [1.29, 1.82) is 0 Å². The number of nitrogens with zero attached hydrogens (tertiary/aromatic N) is 1. The standard InChI is InChI=1S/C21H25NO4/c1-3-7-16(2)22(21(24)25)14-20(23)18-10-12-19(13-11-18)26-15-17-8-5-4-6-9-17/h4-6,8-13,16H,3,7,14-15H2,1-2H3,(H,24,25). The van der Waals surface area contributed by atoms with Gasteiger partial charge in [-0.1, -0.05) is 43.7 Å². The Morgan fingerprint density at radius 1 is 1.08 bits per heavy atom. The normalized spacial score (nSPS) is 11.6. The molecule has 1 atom stereocenters. The highest BCUT2D eigenvalue weighted by Gasteiger charge is 2.22. The van der Waals surface area contributed by atoms with Gasteiger partial charge in [0.05, 0.1) is 6.54 Å². The zero-order valence-corrected chi connectivity index (χ0v) is 15.2. The first-order valence-electron chi connectivity index (χ1n) is 8.80. The lowest BCUT2D eigenvalue weighted by atomic mass is 10.1. The van der Waals surface area contributed by atoms with E-state index in [0.717, 1.165) is 18.4 Å². The predicted molar refractivity (Wildman–Crippen MR) is 101 cm³/mol. The molecule has 1 unspecified atom stereocenters. The summed E-state index contributed by atoms with van der Waals surface area (Å²) in [6, 6.07) is 16.4. The van der Waals surface area contributed by atoms with Crippen LogP contribution in [0.4, 0.5) is 4.79 Å². The van der Waals surface area contributed by atoms with Crippen molar-refractivity contribution in [3.05, 3.63) is 65.7 Å². The van der Waals surface area contributed by atoms with Gasteiger partial charge in [-0.05, 0) is 43.2 Å². The van der Waals surface area contributed by atoms with Gasteiger partial charge in [-0.2, -0.15) is 0 Å². The van der Waals surface area contributed by atoms with Crippen LogP contribution < -0.4 is 4.74 Å². The van der Waals surface area contributed by atoms with Crippen molar-refractivity contribution in [3.63, 3.8) is 0 Å². The van der Waals surface area contributed by atoms with E-state index in [0.29, 0.717) is 17.9 Å². The molecule has 0 bridgehead atoms. The topological polar surface area (TPSA) is 66.8 Å². The van der Waals surface area contributed by atoms with Crippen LogP contribution in [0.2, 0.25) is 0 Å². The lowest BCUT2D eigenvalue weighted by molar-refractivity contribution is 0.0859. The van der Waals surface area contributed by atoms with E-state index in [9.17, 15) is 14.7 Å². The van der Waals surface area contributed by atoms with Crippen LogP contribution in [-0.2, 0) is 6.61 Å². The second-order valence-corrected chi connectivity index (χ2v) is 6.27. The minimum absolute atomic E-state index is 0.138. The molecule has 5 heteroatoms. The number of carbonyl (C=O) groups is 2. The smallest absolute Gasteiger partial charge is 0.407 e. The minimum Gasteiger partial charge on any atom is -0.489 e.